The number of nitrogens with zero attached hydrogens (tertiary/aromatic N) is 2. The van der Waals surface area contributed by atoms with Crippen molar-refractivity contribution in [2.45, 2.75) is 33.7 Å². The Hall–Kier alpha value is -3.78. The normalized spacial score (nSPS) is 15.1. The number of anilines is 1. The first-order chi connectivity index (χ1) is 16.2. The Kier molecular flexibility index (Phi) is 5.13. The molecular formula is C26H22N2O5S. The Bertz CT molecular complexity index is 1530. The molecule has 0 spiro atoms. The zero-order valence-electron chi connectivity index (χ0n) is 19.4. The molecule has 0 N–H and O–H groups in total. The van der Waals surface area contributed by atoms with E-state index in [-0.39, 0.29) is 16.8 Å². The number of rotatable bonds is 3. The minimum Gasteiger partial charge on any atom is -0.465 e. The van der Waals surface area contributed by atoms with Gasteiger partial charge in [-0.25, -0.2) is 9.78 Å². The minimum absolute atomic E-state index is 0.0216. The lowest BCUT2D eigenvalue weighted by Crippen LogP contribution is -2.29. The number of thiazole rings is 1. The summed E-state index contributed by atoms with van der Waals surface area (Å²) in [6.07, 6.45) is 0. The van der Waals surface area contributed by atoms with Gasteiger partial charge >= 0.3 is 5.97 Å². The van der Waals surface area contributed by atoms with Crippen molar-refractivity contribution in [2.24, 2.45) is 0 Å². The Morgan fingerprint density at radius 1 is 1.06 bits per heavy atom. The number of benzene rings is 2. The van der Waals surface area contributed by atoms with Gasteiger partial charge in [-0.05, 0) is 68.7 Å². The number of aromatic nitrogens is 1. The molecule has 1 aliphatic rings. The van der Waals surface area contributed by atoms with E-state index in [2.05, 4.69) is 4.98 Å². The average molecular weight is 475 g/mol. The summed E-state index contributed by atoms with van der Waals surface area (Å²) in [4.78, 5) is 46.4. The fourth-order valence-electron chi connectivity index (χ4n) is 4.22. The van der Waals surface area contributed by atoms with Gasteiger partial charge in [-0.1, -0.05) is 12.1 Å². The molecule has 1 aliphatic heterocycles. The Morgan fingerprint density at radius 2 is 1.74 bits per heavy atom. The molecule has 4 aromatic rings. The second kappa shape index (κ2) is 7.92. The monoisotopic (exact) mass is 474 g/mol. The topological polar surface area (TPSA) is 89.7 Å². The molecule has 0 bridgehead atoms. The van der Waals surface area contributed by atoms with Gasteiger partial charge in [0, 0.05) is 4.88 Å². The molecule has 3 heterocycles. The lowest BCUT2D eigenvalue weighted by Gasteiger charge is -2.22. The van der Waals surface area contributed by atoms with E-state index in [1.165, 1.54) is 23.3 Å². The highest BCUT2D eigenvalue weighted by molar-refractivity contribution is 7.15. The van der Waals surface area contributed by atoms with E-state index in [1.54, 1.807) is 36.4 Å². The first kappa shape index (κ1) is 22.0. The van der Waals surface area contributed by atoms with E-state index in [4.69, 9.17) is 9.15 Å². The van der Waals surface area contributed by atoms with Crippen LogP contribution >= 0.6 is 11.3 Å². The largest absolute Gasteiger partial charge is 0.465 e. The lowest BCUT2D eigenvalue weighted by molar-refractivity contribution is 0.0600. The third-order valence-electron chi connectivity index (χ3n) is 6.36. The molecule has 8 heteroatoms. The summed E-state index contributed by atoms with van der Waals surface area (Å²) in [6.45, 7) is 7.69. The van der Waals surface area contributed by atoms with Crippen LogP contribution in [-0.2, 0) is 4.74 Å². The van der Waals surface area contributed by atoms with E-state index >= 15 is 0 Å². The number of amides is 1. The van der Waals surface area contributed by atoms with E-state index in [0.717, 1.165) is 21.7 Å². The highest BCUT2D eigenvalue weighted by Crippen LogP contribution is 2.43. The second-order valence-electron chi connectivity index (χ2n) is 8.44. The Morgan fingerprint density at radius 3 is 2.35 bits per heavy atom. The van der Waals surface area contributed by atoms with Gasteiger partial charge < -0.3 is 9.15 Å². The van der Waals surface area contributed by atoms with Crippen LogP contribution in [-0.4, -0.2) is 24.0 Å². The van der Waals surface area contributed by atoms with Crippen LogP contribution in [0.3, 0.4) is 0 Å². The van der Waals surface area contributed by atoms with E-state index in [9.17, 15) is 14.4 Å². The van der Waals surface area contributed by atoms with Crippen LogP contribution < -0.4 is 10.3 Å². The van der Waals surface area contributed by atoms with Crippen molar-refractivity contribution in [1.82, 2.24) is 4.98 Å². The van der Waals surface area contributed by atoms with Crippen molar-refractivity contribution in [3.05, 3.63) is 90.8 Å². The Labute approximate surface area is 199 Å². The number of hydrogen-bond acceptors (Lipinski definition) is 7. The number of ether oxygens (including phenoxy) is 1. The lowest BCUT2D eigenvalue weighted by atomic mass is 9.97. The van der Waals surface area contributed by atoms with Crippen LogP contribution in [0.4, 0.5) is 5.13 Å². The van der Waals surface area contributed by atoms with Gasteiger partial charge in [0.25, 0.3) is 5.91 Å². The Balaban J connectivity index is 1.78. The van der Waals surface area contributed by atoms with Crippen molar-refractivity contribution >= 4 is 39.3 Å². The van der Waals surface area contributed by atoms with Crippen LogP contribution in [0.1, 0.15) is 59.8 Å². The molecule has 34 heavy (non-hydrogen) atoms. The van der Waals surface area contributed by atoms with E-state index in [0.29, 0.717) is 27.2 Å². The average Bonchev–Trinajstić information content (AvgIpc) is 3.30. The molecule has 5 rings (SSSR count). The van der Waals surface area contributed by atoms with Crippen LogP contribution in [0.2, 0.25) is 0 Å². The molecule has 1 amide bonds. The van der Waals surface area contributed by atoms with E-state index < -0.39 is 17.9 Å². The van der Waals surface area contributed by atoms with Crippen LogP contribution in [0.25, 0.3) is 11.0 Å². The molecule has 172 valence electrons. The molecule has 0 fully saturated rings. The molecule has 2 aromatic heterocycles. The van der Waals surface area contributed by atoms with Crippen molar-refractivity contribution < 1.29 is 18.7 Å². The number of hydrogen-bond donors (Lipinski definition) is 0. The fourth-order valence-corrected chi connectivity index (χ4v) is 5.16. The van der Waals surface area contributed by atoms with Crippen molar-refractivity contribution in [1.29, 1.82) is 0 Å². The SMILES string of the molecule is COC(=O)c1ccc(C2c3c(oc4cc(C)c(C)cc4c3=O)C(=O)N2c2nc(C)c(C)s2)cc1. The van der Waals surface area contributed by atoms with Gasteiger partial charge in [0.15, 0.2) is 10.6 Å². The molecule has 0 radical (unpaired) electrons. The summed E-state index contributed by atoms with van der Waals surface area (Å²) >= 11 is 1.39. The maximum Gasteiger partial charge on any atom is 0.337 e. The molecule has 1 atom stereocenters. The van der Waals surface area contributed by atoms with Gasteiger partial charge in [0.05, 0.1) is 35.4 Å². The third kappa shape index (κ3) is 3.25. The number of methoxy groups -OCH3 is 1. The first-order valence-electron chi connectivity index (χ1n) is 10.7. The van der Waals surface area contributed by atoms with Crippen molar-refractivity contribution in [2.75, 3.05) is 12.0 Å². The molecule has 0 aliphatic carbocycles. The second-order valence-corrected chi connectivity index (χ2v) is 9.62. The number of carbonyl (C=O) groups is 2. The first-order valence-corrected chi connectivity index (χ1v) is 11.6. The summed E-state index contributed by atoms with van der Waals surface area (Å²) in [7, 11) is 1.32. The molecule has 7 nitrogen and oxygen atoms in total. The predicted molar refractivity (Wildman–Crippen MR) is 130 cm³/mol. The van der Waals surface area contributed by atoms with Crippen LogP contribution in [0.5, 0.6) is 0 Å². The number of carbonyl (C=O) groups excluding carboxylic acids is 2. The molecule has 0 saturated heterocycles. The van der Waals surface area contributed by atoms with Gasteiger partial charge in [-0.3, -0.25) is 14.5 Å². The minimum atomic E-state index is -0.735. The van der Waals surface area contributed by atoms with E-state index in [1.807, 2.05) is 27.7 Å². The summed E-state index contributed by atoms with van der Waals surface area (Å²) < 4.78 is 10.9. The zero-order chi connectivity index (χ0) is 24.3. The summed E-state index contributed by atoms with van der Waals surface area (Å²) in [6, 6.07) is 9.56. The molecule has 0 saturated carbocycles. The number of aryl methyl sites for hydroxylation is 4. The summed E-state index contributed by atoms with van der Waals surface area (Å²) in [5.41, 5.74) is 4.21. The van der Waals surface area contributed by atoms with Gasteiger partial charge in [0.1, 0.15) is 5.58 Å². The van der Waals surface area contributed by atoms with Gasteiger partial charge in [-0.2, -0.15) is 0 Å². The summed E-state index contributed by atoms with van der Waals surface area (Å²) in [5.74, 6) is -0.856. The van der Waals surface area contributed by atoms with Gasteiger partial charge in [0.2, 0.25) is 5.76 Å². The quantitative estimate of drug-likeness (QED) is 0.387. The predicted octanol–water partition coefficient (Wildman–Crippen LogP) is 5.02. The smallest absolute Gasteiger partial charge is 0.337 e. The van der Waals surface area contributed by atoms with Gasteiger partial charge in [-0.15, -0.1) is 11.3 Å². The highest BCUT2D eigenvalue weighted by Gasteiger charge is 2.45. The van der Waals surface area contributed by atoms with Crippen LogP contribution in [0.15, 0.2) is 45.6 Å². The third-order valence-corrected chi connectivity index (χ3v) is 7.43. The fraction of sp³-hybridized carbons (Fsp3) is 0.231. The summed E-state index contributed by atoms with van der Waals surface area (Å²) in [5, 5.41) is 0.920. The maximum absolute atomic E-state index is 13.8. The molecule has 2 aromatic carbocycles. The standard InChI is InChI=1S/C26H22N2O5S/c1-12-10-18-19(11-13(12)2)33-23-20(22(18)29)21(16-6-8-17(9-7-16)25(31)32-5)28(24(23)30)26-27-14(3)15(4)34-26/h6-11,21H,1-5H3. The number of fused-ring (bicyclic) bond motifs is 2. The van der Waals surface area contributed by atoms with Crippen molar-refractivity contribution in [3.8, 4) is 0 Å². The van der Waals surface area contributed by atoms with Crippen molar-refractivity contribution in [3.63, 3.8) is 0 Å². The maximum atomic E-state index is 13.8. The van der Waals surface area contributed by atoms with Crippen LogP contribution in [0, 0.1) is 27.7 Å². The molecular weight excluding hydrogens is 452 g/mol. The zero-order valence-corrected chi connectivity index (χ0v) is 20.2. The number of esters is 1. The highest BCUT2D eigenvalue weighted by atomic mass is 32.1. The molecule has 1 unspecified atom stereocenters.